The van der Waals surface area contributed by atoms with Crippen molar-refractivity contribution in [3.63, 3.8) is 0 Å². The first kappa shape index (κ1) is 22.8. The zero-order chi connectivity index (χ0) is 23.7. The predicted octanol–water partition coefficient (Wildman–Crippen LogP) is 5.26. The van der Waals surface area contributed by atoms with Crippen molar-refractivity contribution < 1.29 is 13.9 Å². The highest BCUT2D eigenvalue weighted by atomic mass is 32.1. The molecule has 34 heavy (non-hydrogen) atoms. The molecule has 8 heteroatoms. The topological polar surface area (TPSA) is 82.2 Å². The van der Waals surface area contributed by atoms with Crippen molar-refractivity contribution >= 4 is 28.2 Å². The lowest BCUT2D eigenvalue weighted by molar-refractivity contribution is -0.120. The summed E-state index contributed by atoms with van der Waals surface area (Å²) in [6, 6.07) is 10.0. The molecule has 1 saturated heterocycles. The molecule has 5 rings (SSSR count). The van der Waals surface area contributed by atoms with Crippen LogP contribution in [0.15, 0.2) is 46.3 Å². The molecule has 178 valence electrons. The van der Waals surface area contributed by atoms with Crippen LogP contribution in [-0.2, 0) is 21.5 Å². The largest absolute Gasteiger partial charge is 0.454 e. The highest BCUT2D eigenvalue weighted by Gasteiger charge is 2.26. The van der Waals surface area contributed by atoms with Crippen LogP contribution in [0.3, 0.4) is 0 Å². The Bertz CT molecular complexity index is 1260. The summed E-state index contributed by atoms with van der Waals surface area (Å²) in [6.07, 6.45) is 4.13. The molecule has 1 aliphatic heterocycles. The average Bonchev–Trinajstić information content (AvgIpc) is 3.55. The Kier molecular flexibility index (Phi) is 6.27. The van der Waals surface area contributed by atoms with Crippen LogP contribution in [0.2, 0.25) is 0 Å². The maximum atomic E-state index is 12.5. The summed E-state index contributed by atoms with van der Waals surface area (Å²) in [5, 5.41) is 11.6. The summed E-state index contributed by atoms with van der Waals surface area (Å²) in [6.45, 7) is 8.62. The Hall–Kier alpha value is -2.97. The van der Waals surface area contributed by atoms with Crippen LogP contribution < -0.4 is 5.32 Å². The van der Waals surface area contributed by atoms with Gasteiger partial charge in [0.1, 0.15) is 16.3 Å². The zero-order valence-electron chi connectivity index (χ0n) is 19.8. The number of hydrogen-bond donors (Lipinski definition) is 1. The van der Waals surface area contributed by atoms with Gasteiger partial charge in [-0.2, -0.15) is 5.10 Å². The summed E-state index contributed by atoms with van der Waals surface area (Å²) in [4.78, 5) is 17.3. The first-order valence-corrected chi connectivity index (χ1v) is 12.6. The molecular weight excluding hydrogens is 448 g/mol. The van der Waals surface area contributed by atoms with Crippen LogP contribution in [0.1, 0.15) is 39.3 Å². The third kappa shape index (κ3) is 4.79. The van der Waals surface area contributed by atoms with E-state index in [0.717, 1.165) is 64.7 Å². The monoisotopic (exact) mass is 478 g/mol. The van der Waals surface area contributed by atoms with Crippen molar-refractivity contribution in [1.29, 1.82) is 0 Å². The lowest BCUT2D eigenvalue weighted by Gasteiger charge is -2.22. The van der Waals surface area contributed by atoms with Crippen molar-refractivity contribution in [1.82, 2.24) is 20.1 Å². The number of hydrogen-bond acceptors (Lipinski definition) is 6. The zero-order valence-corrected chi connectivity index (χ0v) is 20.7. The van der Waals surface area contributed by atoms with E-state index in [1.54, 1.807) is 0 Å². The lowest BCUT2D eigenvalue weighted by atomic mass is 10.0. The molecule has 0 unspecified atom stereocenters. The number of carbonyl (C=O) groups excluding carboxylic acids is 1. The van der Waals surface area contributed by atoms with Crippen molar-refractivity contribution in [2.75, 3.05) is 19.8 Å². The number of aromatic nitrogens is 3. The van der Waals surface area contributed by atoms with Crippen LogP contribution in [0, 0.1) is 5.92 Å². The van der Waals surface area contributed by atoms with E-state index < -0.39 is 0 Å². The Morgan fingerprint density at radius 3 is 2.79 bits per heavy atom. The Morgan fingerprint density at radius 1 is 1.24 bits per heavy atom. The van der Waals surface area contributed by atoms with Crippen LogP contribution in [0.5, 0.6) is 0 Å². The van der Waals surface area contributed by atoms with Crippen molar-refractivity contribution in [3.05, 3.63) is 47.6 Å². The van der Waals surface area contributed by atoms with Crippen LogP contribution in [-0.4, -0.2) is 40.4 Å². The number of nitrogens with one attached hydrogen (secondary N) is 1. The molecule has 0 radical (unpaired) electrons. The molecule has 4 aromatic rings. The standard InChI is InChI=1S/C26H30N4O3S/c1-26(2,3)30-24(22-12-18-6-4-5-7-21(18)33-22)20(15-28-30)25-29-19(16-34-25)13-23(31)27-14-17-8-10-32-11-9-17/h4-7,12,15-17H,8-11,13-14H2,1-3H3,(H,27,31). The number of nitrogens with zero attached hydrogens (tertiary/aromatic N) is 3. The number of thiazole rings is 1. The van der Waals surface area contributed by atoms with Gasteiger partial charge in [0.2, 0.25) is 5.91 Å². The molecule has 1 aromatic carbocycles. The first-order chi connectivity index (χ1) is 16.4. The van der Waals surface area contributed by atoms with Gasteiger partial charge in [-0.15, -0.1) is 11.3 Å². The third-order valence-corrected chi connectivity index (χ3v) is 7.04. The van der Waals surface area contributed by atoms with Gasteiger partial charge in [0, 0.05) is 30.5 Å². The maximum Gasteiger partial charge on any atom is 0.226 e. The molecule has 1 aliphatic rings. The minimum atomic E-state index is -0.239. The van der Waals surface area contributed by atoms with E-state index in [4.69, 9.17) is 19.2 Å². The predicted molar refractivity (Wildman–Crippen MR) is 134 cm³/mol. The first-order valence-electron chi connectivity index (χ1n) is 11.7. The number of carbonyl (C=O) groups is 1. The van der Waals surface area contributed by atoms with E-state index in [0.29, 0.717) is 12.5 Å². The summed E-state index contributed by atoms with van der Waals surface area (Å²) >= 11 is 1.53. The highest BCUT2D eigenvalue weighted by Crippen LogP contribution is 2.39. The van der Waals surface area contributed by atoms with Crippen molar-refractivity contribution in [3.8, 4) is 22.0 Å². The number of amides is 1. The van der Waals surface area contributed by atoms with Gasteiger partial charge in [-0.05, 0) is 51.7 Å². The van der Waals surface area contributed by atoms with Crippen LogP contribution in [0.25, 0.3) is 33.0 Å². The second kappa shape index (κ2) is 9.35. The van der Waals surface area contributed by atoms with E-state index in [1.807, 2.05) is 40.5 Å². The number of fused-ring (bicyclic) bond motifs is 1. The number of benzene rings is 1. The van der Waals surface area contributed by atoms with Gasteiger partial charge in [-0.3, -0.25) is 9.48 Å². The van der Waals surface area contributed by atoms with E-state index in [2.05, 4.69) is 32.2 Å². The van der Waals surface area contributed by atoms with Gasteiger partial charge in [0.15, 0.2) is 5.76 Å². The fourth-order valence-corrected chi connectivity index (χ4v) is 5.13. The summed E-state index contributed by atoms with van der Waals surface area (Å²) in [7, 11) is 0. The summed E-state index contributed by atoms with van der Waals surface area (Å²) in [5.41, 5.74) is 3.17. The molecule has 1 amide bonds. The smallest absolute Gasteiger partial charge is 0.226 e. The molecule has 1 N–H and O–H groups in total. The molecule has 0 atom stereocenters. The second-order valence-corrected chi connectivity index (χ2v) is 10.7. The minimum Gasteiger partial charge on any atom is -0.454 e. The van der Waals surface area contributed by atoms with E-state index >= 15 is 0 Å². The molecule has 0 aliphatic carbocycles. The van der Waals surface area contributed by atoms with Crippen molar-refractivity contribution in [2.45, 2.75) is 45.6 Å². The molecule has 7 nitrogen and oxygen atoms in total. The number of para-hydroxylation sites is 1. The Labute approximate surface area is 203 Å². The molecular formula is C26H30N4O3S. The SMILES string of the molecule is CC(C)(C)n1ncc(-c2nc(CC(=O)NCC3CCOCC3)cs2)c1-c1cc2ccccc2o1. The number of furan rings is 1. The third-order valence-electron chi connectivity index (χ3n) is 6.12. The van der Waals surface area contributed by atoms with Crippen LogP contribution >= 0.6 is 11.3 Å². The number of ether oxygens (including phenoxy) is 1. The Morgan fingerprint density at radius 2 is 2.03 bits per heavy atom. The molecule has 0 spiro atoms. The molecule has 4 heterocycles. The highest BCUT2D eigenvalue weighted by molar-refractivity contribution is 7.13. The lowest BCUT2D eigenvalue weighted by Crippen LogP contribution is -2.33. The minimum absolute atomic E-state index is 0.00577. The van der Waals surface area contributed by atoms with E-state index in [-0.39, 0.29) is 17.9 Å². The number of rotatable bonds is 6. The van der Waals surface area contributed by atoms with Crippen molar-refractivity contribution in [2.24, 2.45) is 5.92 Å². The normalized spacial score (nSPS) is 15.1. The second-order valence-electron chi connectivity index (χ2n) is 9.82. The molecule has 0 saturated carbocycles. The quantitative estimate of drug-likeness (QED) is 0.409. The average molecular weight is 479 g/mol. The molecule has 1 fully saturated rings. The van der Waals surface area contributed by atoms with Gasteiger partial charge in [0.25, 0.3) is 0 Å². The van der Waals surface area contributed by atoms with Gasteiger partial charge in [-0.25, -0.2) is 4.98 Å². The molecule has 3 aromatic heterocycles. The Balaban J connectivity index is 1.39. The van der Waals surface area contributed by atoms with Gasteiger partial charge < -0.3 is 14.5 Å². The fraction of sp³-hybridized carbons (Fsp3) is 0.423. The van der Waals surface area contributed by atoms with E-state index in [9.17, 15) is 4.79 Å². The van der Waals surface area contributed by atoms with Crippen LogP contribution in [0.4, 0.5) is 0 Å². The van der Waals surface area contributed by atoms with E-state index in [1.165, 1.54) is 11.3 Å². The molecule has 0 bridgehead atoms. The summed E-state index contributed by atoms with van der Waals surface area (Å²) in [5.74, 6) is 1.26. The van der Waals surface area contributed by atoms with Gasteiger partial charge in [0.05, 0.1) is 29.4 Å². The fourth-order valence-electron chi connectivity index (χ4n) is 4.30. The van der Waals surface area contributed by atoms with Gasteiger partial charge >= 0.3 is 0 Å². The summed E-state index contributed by atoms with van der Waals surface area (Å²) < 4.78 is 13.6. The maximum absolute atomic E-state index is 12.5. The van der Waals surface area contributed by atoms with Gasteiger partial charge in [-0.1, -0.05) is 18.2 Å².